The predicted molar refractivity (Wildman–Crippen MR) is 183 cm³/mol. The molecule has 0 fully saturated rings. The lowest BCUT2D eigenvalue weighted by Crippen LogP contribution is -2.38. The Kier molecular flexibility index (Phi) is 15.1. The molecule has 2 aromatic carbocycles. The van der Waals surface area contributed by atoms with Gasteiger partial charge in [-0.3, -0.25) is 4.90 Å². The van der Waals surface area contributed by atoms with Crippen molar-refractivity contribution in [2.24, 2.45) is 4.99 Å². The van der Waals surface area contributed by atoms with Crippen LogP contribution < -0.4 is 0 Å². The van der Waals surface area contributed by atoms with Crippen molar-refractivity contribution >= 4 is 6.08 Å². The standard InChI is InChI=1S/C38H62N2O3/c1-29(2)40(30(3)4)27-25-33(32-21-17-15-18-22-32)34-28-31(23-24-35(34)41)20-16-13-11-12-14-19-26-39-36(42-37(5,6)7)43-38(8,9)10/h15,17-18,21-24,28-30,33,41H,11-14,16,19-20,25-27H2,1-10H3/t33-/m1/s1. The Morgan fingerprint density at radius 3 is 1.88 bits per heavy atom. The van der Waals surface area contributed by atoms with Crippen LogP contribution in [-0.4, -0.2) is 52.5 Å². The van der Waals surface area contributed by atoms with Gasteiger partial charge in [0.15, 0.2) is 0 Å². The summed E-state index contributed by atoms with van der Waals surface area (Å²) in [6.45, 7) is 22.9. The van der Waals surface area contributed by atoms with Gasteiger partial charge < -0.3 is 14.6 Å². The summed E-state index contributed by atoms with van der Waals surface area (Å²) in [6, 6.07) is 17.9. The van der Waals surface area contributed by atoms with E-state index in [1.807, 2.05) is 47.6 Å². The Morgan fingerprint density at radius 2 is 1.33 bits per heavy atom. The summed E-state index contributed by atoms with van der Waals surface area (Å²) in [5, 5.41) is 11.0. The van der Waals surface area contributed by atoms with Gasteiger partial charge in [-0.15, -0.1) is 0 Å². The topological polar surface area (TPSA) is 54.3 Å². The third-order valence-electron chi connectivity index (χ3n) is 7.57. The average molecular weight is 595 g/mol. The highest BCUT2D eigenvalue weighted by Crippen LogP contribution is 2.35. The van der Waals surface area contributed by atoms with Crippen LogP contribution in [0, 0.1) is 0 Å². The molecule has 0 bridgehead atoms. The molecular weight excluding hydrogens is 532 g/mol. The van der Waals surface area contributed by atoms with Gasteiger partial charge in [0.25, 0.3) is 0 Å². The molecule has 0 unspecified atom stereocenters. The molecule has 0 amide bonds. The summed E-state index contributed by atoms with van der Waals surface area (Å²) >= 11 is 0. The van der Waals surface area contributed by atoms with E-state index in [4.69, 9.17) is 9.47 Å². The molecule has 2 aromatic rings. The number of unbranched alkanes of at least 4 members (excludes halogenated alkanes) is 5. The molecule has 242 valence electrons. The second-order valence-corrected chi connectivity index (χ2v) is 14.5. The molecule has 0 aliphatic carbocycles. The van der Waals surface area contributed by atoms with Crippen LogP contribution in [0.5, 0.6) is 5.75 Å². The molecule has 0 aromatic heterocycles. The Hall–Kier alpha value is -2.53. The van der Waals surface area contributed by atoms with E-state index in [0.717, 1.165) is 50.8 Å². The molecule has 0 saturated heterocycles. The lowest BCUT2D eigenvalue weighted by atomic mass is 9.86. The first kappa shape index (κ1) is 36.7. The monoisotopic (exact) mass is 594 g/mol. The zero-order chi connectivity index (χ0) is 32.0. The van der Waals surface area contributed by atoms with E-state index < -0.39 is 0 Å². The van der Waals surface area contributed by atoms with Gasteiger partial charge in [-0.25, -0.2) is 4.99 Å². The molecule has 1 N–H and O–H groups in total. The van der Waals surface area contributed by atoms with E-state index >= 15 is 0 Å². The Morgan fingerprint density at radius 1 is 0.767 bits per heavy atom. The van der Waals surface area contributed by atoms with Crippen LogP contribution in [0.1, 0.15) is 137 Å². The maximum atomic E-state index is 11.0. The van der Waals surface area contributed by atoms with Crippen molar-refractivity contribution in [2.45, 2.75) is 150 Å². The second kappa shape index (κ2) is 17.7. The highest BCUT2D eigenvalue weighted by Gasteiger charge is 2.23. The maximum Gasteiger partial charge on any atom is 0.384 e. The van der Waals surface area contributed by atoms with Crippen molar-refractivity contribution in [1.82, 2.24) is 4.90 Å². The van der Waals surface area contributed by atoms with E-state index in [-0.39, 0.29) is 17.1 Å². The summed E-state index contributed by atoms with van der Waals surface area (Å²) < 4.78 is 11.8. The largest absolute Gasteiger partial charge is 0.508 e. The number of aryl methyl sites for hydroxylation is 1. The number of benzene rings is 2. The number of ether oxygens (including phenoxy) is 2. The lowest BCUT2D eigenvalue weighted by molar-refractivity contribution is 0.00877. The van der Waals surface area contributed by atoms with Crippen LogP contribution in [0.15, 0.2) is 53.5 Å². The molecule has 0 aliphatic heterocycles. The lowest BCUT2D eigenvalue weighted by Gasteiger charge is -2.32. The van der Waals surface area contributed by atoms with Crippen molar-refractivity contribution in [1.29, 1.82) is 0 Å². The highest BCUT2D eigenvalue weighted by molar-refractivity contribution is 5.67. The summed E-state index contributed by atoms with van der Waals surface area (Å²) in [6.07, 6.45) is 9.44. The van der Waals surface area contributed by atoms with Crippen LogP contribution in [-0.2, 0) is 15.9 Å². The van der Waals surface area contributed by atoms with Gasteiger partial charge in [-0.1, -0.05) is 68.1 Å². The molecule has 0 spiro atoms. The average Bonchev–Trinajstić information content (AvgIpc) is 2.89. The minimum absolute atomic E-state index is 0.173. The van der Waals surface area contributed by atoms with E-state index in [1.165, 1.54) is 30.4 Å². The number of nitrogens with zero attached hydrogens (tertiary/aromatic N) is 2. The maximum absolute atomic E-state index is 11.0. The van der Waals surface area contributed by atoms with Gasteiger partial charge in [0.05, 0.1) is 0 Å². The molecule has 43 heavy (non-hydrogen) atoms. The second-order valence-electron chi connectivity index (χ2n) is 14.5. The molecule has 0 aliphatic rings. The fourth-order valence-electron chi connectivity index (χ4n) is 5.54. The van der Waals surface area contributed by atoms with Crippen LogP contribution in [0.2, 0.25) is 0 Å². The normalized spacial score (nSPS) is 13.0. The number of phenols is 1. The number of aromatic hydroxyl groups is 1. The van der Waals surface area contributed by atoms with Crippen LogP contribution in [0.4, 0.5) is 0 Å². The van der Waals surface area contributed by atoms with Crippen molar-refractivity contribution in [2.75, 3.05) is 13.1 Å². The van der Waals surface area contributed by atoms with Gasteiger partial charge in [0.2, 0.25) is 0 Å². The molecule has 1 atom stereocenters. The SMILES string of the molecule is CC(C)N(CC[C@H](c1ccccc1)c1cc(CCCCCCCCN=C(OC(C)(C)C)OC(C)(C)C)ccc1O)C(C)C. The van der Waals surface area contributed by atoms with E-state index in [2.05, 4.69) is 80.1 Å². The molecule has 0 saturated carbocycles. The molecule has 0 heterocycles. The van der Waals surface area contributed by atoms with Crippen molar-refractivity contribution in [3.63, 3.8) is 0 Å². The quantitative estimate of drug-likeness (QED) is 0.119. The van der Waals surface area contributed by atoms with E-state index in [1.54, 1.807) is 0 Å². The first-order valence-corrected chi connectivity index (χ1v) is 16.7. The number of aliphatic imine (C=N–C) groups is 1. The van der Waals surface area contributed by atoms with Gasteiger partial charge in [0, 0.05) is 30.1 Å². The molecule has 5 heteroatoms. The Balaban J connectivity index is 1.89. The minimum Gasteiger partial charge on any atom is -0.508 e. The first-order chi connectivity index (χ1) is 20.2. The fraction of sp³-hybridized carbons (Fsp3) is 0.658. The predicted octanol–water partition coefficient (Wildman–Crippen LogP) is 9.90. The first-order valence-electron chi connectivity index (χ1n) is 16.7. The zero-order valence-corrected chi connectivity index (χ0v) is 29.1. The van der Waals surface area contributed by atoms with Crippen molar-refractivity contribution in [3.8, 4) is 5.75 Å². The third kappa shape index (κ3) is 14.7. The zero-order valence-electron chi connectivity index (χ0n) is 29.1. The minimum atomic E-state index is -0.326. The summed E-state index contributed by atoms with van der Waals surface area (Å²) in [5.74, 6) is 0.580. The van der Waals surface area contributed by atoms with Gasteiger partial charge >= 0.3 is 6.08 Å². The van der Waals surface area contributed by atoms with Crippen molar-refractivity contribution < 1.29 is 14.6 Å². The fourth-order valence-corrected chi connectivity index (χ4v) is 5.54. The third-order valence-corrected chi connectivity index (χ3v) is 7.57. The Labute approximate surface area is 264 Å². The summed E-state index contributed by atoms with van der Waals surface area (Å²) in [4.78, 5) is 7.15. The molecule has 0 radical (unpaired) electrons. The summed E-state index contributed by atoms with van der Waals surface area (Å²) in [7, 11) is 0. The van der Waals surface area contributed by atoms with Crippen LogP contribution >= 0.6 is 0 Å². The summed E-state index contributed by atoms with van der Waals surface area (Å²) in [5.41, 5.74) is 3.00. The number of hydrogen-bond acceptors (Lipinski definition) is 5. The molecular formula is C38H62N2O3. The molecule has 5 nitrogen and oxygen atoms in total. The number of hydrogen-bond donors (Lipinski definition) is 1. The van der Waals surface area contributed by atoms with Gasteiger partial charge in [-0.05, 0) is 119 Å². The number of phenolic OH excluding ortho intramolecular Hbond substituents is 1. The van der Waals surface area contributed by atoms with E-state index in [9.17, 15) is 5.11 Å². The van der Waals surface area contributed by atoms with Crippen molar-refractivity contribution in [3.05, 3.63) is 65.2 Å². The smallest absolute Gasteiger partial charge is 0.384 e. The Bertz CT molecular complexity index is 1050. The molecule has 2 rings (SSSR count). The highest BCUT2D eigenvalue weighted by atomic mass is 16.7. The van der Waals surface area contributed by atoms with Crippen LogP contribution in [0.25, 0.3) is 0 Å². The number of rotatable bonds is 16. The van der Waals surface area contributed by atoms with Gasteiger partial charge in [-0.2, -0.15) is 0 Å². The van der Waals surface area contributed by atoms with Crippen LogP contribution in [0.3, 0.4) is 0 Å². The van der Waals surface area contributed by atoms with E-state index in [0.29, 0.717) is 23.9 Å². The van der Waals surface area contributed by atoms with Gasteiger partial charge in [0.1, 0.15) is 17.0 Å².